The zero-order chi connectivity index (χ0) is 15.0. The van der Waals surface area contributed by atoms with E-state index in [0.717, 1.165) is 18.4 Å². The van der Waals surface area contributed by atoms with Crippen LogP contribution in [0, 0.1) is 17.8 Å². The Labute approximate surface area is 122 Å². The molecule has 108 valence electrons. The molecule has 2 nitrogen and oxygen atoms in total. The zero-order valence-corrected chi connectivity index (χ0v) is 12.8. The summed E-state index contributed by atoms with van der Waals surface area (Å²) in [5.74, 6) is 6.05. The molecule has 0 aromatic heterocycles. The molecular formula is C18H24O2. The quantitative estimate of drug-likeness (QED) is 0.594. The highest BCUT2D eigenvalue weighted by molar-refractivity contribution is 5.78. The van der Waals surface area contributed by atoms with E-state index in [2.05, 4.69) is 25.7 Å². The second-order valence-corrected chi connectivity index (χ2v) is 5.36. The average Bonchev–Trinajstić information content (AvgIpc) is 2.44. The molecule has 2 atom stereocenters. The molecule has 0 aliphatic heterocycles. The van der Waals surface area contributed by atoms with E-state index in [1.54, 1.807) is 0 Å². The first kappa shape index (κ1) is 16.3. The molecule has 0 spiro atoms. The number of carbonyl (C=O) groups excluding carboxylic acids is 1. The molecule has 0 amide bonds. The van der Waals surface area contributed by atoms with E-state index in [4.69, 9.17) is 4.74 Å². The summed E-state index contributed by atoms with van der Waals surface area (Å²) in [6.07, 6.45) is 1.26. The van der Waals surface area contributed by atoms with Crippen LogP contribution in [-0.2, 0) is 9.53 Å². The number of rotatable bonds is 5. The minimum atomic E-state index is -0.298. The first-order valence-electron chi connectivity index (χ1n) is 7.28. The fourth-order valence-electron chi connectivity index (χ4n) is 1.90. The summed E-state index contributed by atoms with van der Waals surface area (Å²) in [4.78, 5) is 12.2. The second kappa shape index (κ2) is 8.43. The molecule has 2 heteroatoms. The Hall–Kier alpha value is -1.75. The molecule has 0 radical (unpaired) electrons. The largest absolute Gasteiger partial charge is 0.449 e. The van der Waals surface area contributed by atoms with Crippen molar-refractivity contribution in [3.63, 3.8) is 0 Å². The number of hydrogen-bond acceptors (Lipinski definition) is 2. The SMILES string of the molecule is CCC#CC(CC(C)C)OC(=O)C(C)c1ccccc1. The third-order valence-electron chi connectivity index (χ3n) is 3.04. The molecule has 0 fully saturated rings. The Bertz CT molecular complexity index is 465. The van der Waals surface area contributed by atoms with Crippen molar-refractivity contribution in [2.75, 3.05) is 0 Å². The van der Waals surface area contributed by atoms with E-state index in [0.29, 0.717) is 5.92 Å². The molecule has 1 rings (SSSR count). The summed E-state index contributed by atoms with van der Waals surface area (Å²) >= 11 is 0. The Morgan fingerprint density at radius 1 is 1.20 bits per heavy atom. The van der Waals surface area contributed by atoms with Gasteiger partial charge in [0, 0.05) is 6.42 Å². The highest BCUT2D eigenvalue weighted by Gasteiger charge is 2.20. The van der Waals surface area contributed by atoms with Crippen LogP contribution < -0.4 is 0 Å². The van der Waals surface area contributed by atoms with Gasteiger partial charge in [0.15, 0.2) is 6.10 Å². The van der Waals surface area contributed by atoms with E-state index in [1.807, 2.05) is 44.2 Å². The normalized spacial score (nSPS) is 13.2. The molecule has 20 heavy (non-hydrogen) atoms. The lowest BCUT2D eigenvalue weighted by molar-refractivity contribution is -0.148. The maximum Gasteiger partial charge on any atom is 0.314 e. The van der Waals surface area contributed by atoms with E-state index in [9.17, 15) is 4.79 Å². The highest BCUT2D eigenvalue weighted by Crippen LogP contribution is 2.18. The summed E-state index contributed by atoms with van der Waals surface area (Å²) in [6.45, 7) is 8.08. The zero-order valence-electron chi connectivity index (χ0n) is 12.8. The molecule has 1 aromatic carbocycles. The van der Waals surface area contributed by atoms with Crippen molar-refractivity contribution >= 4 is 5.97 Å². The molecule has 2 unspecified atom stereocenters. The van der Waals surface area contributed by atoms with Gasteiger partial charge in [0.25, 0.3) is 0 Å². The molecule has 0 bridgehead atoms. The van der Waals surface area contributed by atoms with Crippen LogP contribution in [0.3, 0.4) is 0 Å². The Morgan fingerprint density at radius 3 is 2.40 bits per heavy atom. The van der Waals surface area contributed by atoms with Gasteiger partial charge in [-0.1, -0.05) is 62.9 Å². The van der Waals surface area contributed by atoms with Gasteiger partial charge in [-0.15, -0.1) is 0 Å². The predicted molar refractivity (Wildman–Crippen MR) is 82.3 cm³/mol. The highest BCUT2D eigenvalue weighted by atomic mass is 16.5. The molecule has 0 saturated heterocycles. The second-order valence-electron chi connectivity index (χ2n) is 5.36. The van der Waals surface area contributed by atoms with Gasteiger partial charge < -0.3 is 4.74 Å². The lowest BCUT2D eigenvalue weighted by atomic mass is 10.0. The van der Waals surface area contributed by atoms with Crippen molar-refractivity contribution in [1.29, 1.82) is 0 Å². The lowest BCUT2D eigenvalue weighted by Gasteiger charge is -2.18. The van der Waals surface area contributed by atoms with Crippen molar-refractivity contribution in [3.8, 4) is 11.8 Å². The Balaban J connectivity index is 2.70. The summed E-state index contributed by atoms with van der Waals surface area (Å²) in [6, 6.07) is 9.70. The monoisotopic (exact) mass is 272 g/mol. The number of esters is 1. The first-order valence-corrected chi connectivity index (χ1v) is 7.28. The molecule has 0 heterocycles. The third kappa shape index (κ3) is 5.48. The summed E-state index contributed by atoms with van der Waals surface area (Å²) in [7, 11) is 0. The van der Waals surface area contributed by atoms with Gasteiger partial charge in [0.1, 0.15) is 0 Å². The van der Waals surface area contributed by atoms with Crippen LogP contribution in [0.5, 0.6) is 0 Å². The number of hydrogen-bond donors (Lipinski definition) is 0. The summed E-state index contributed by atoms with van der Waals surface area (Å²) in [5.41, 5.74) is 0.976. The minimum Gasteiger partial charge on any atom is -0.449 e. The Morgan fingerprint density at radius 2 is 1.85 bits per heavy atom. The van der Waals surface area contributed by atoms with Crippen LogP contribution in [0.15, 0.2) is 30.3 Å². The predicted octanol–water partition coefficient (Wildman–Crippen LogP) is 4.16. The molecule has 1 aromatic rings. The van der Waals surface area contributed by atoms with Crippen molar-refractivity contribution < 1.29 is 9.53 Å². The van der Waals surface area contributed by atoms with Gasteiger partial charge in [-0.2, -0.15) is 0 Å². The van der Waals surface area contributed by atoms with Crippen LogP contribution in [0.4, 0.5) is 0 Å². The van der Waals surface area contributed by atoms with Crippen LogP contribution in [0.1, 0.15) is 52.0 Å². The van der Waals surface area contributed by atoms with Gasteiger partial charge >= 0.3 is 5.97 Å². The maximum absolute atomic E-state index is 12.2. The van der Waals surface area contributed by atoms with Crippen molar-refractivity contribution in [2.45, 2.75) is 52.6 Å². The van der Waals surface area contributed by atoms with Crippen molar-refractivity contribution in [2.24, 2.45) is 5.92 Å². The fourth-order valence-corrected chi connectivity index (χ4v) is 1.90. The first-order chi connectivity index (χ1) is 9.54. The molecule has 0 N–H and O–H groups in total. The number of carbonyl (C=O) groups is 1. The number of benzene rings is 1. The van der Waals surface area contributed by atoms with E-state index in [1.165, 1.54) is 0 Å². The molecule has 0 aliphatic carbocycles. The van der Waals surface area contributed by atoms with Gasteiger partial charge in [0.05, 0.1) is 5.92 Å². The Kier molecular flexibility index (Phi) is 6.87. The van der Waals surface area contributed by atoms with Crippen molar-refractivity contribution in [3.05, 3.63) is 35.9 Å². The number of ether oxygens (including phenoxy) is 1. The van der Waals surface area contributed by atoms with Gasteiger partial charge in [-0.3, -0.25) is 4.79 Å². The van der Waals surface area contributed by atoms with Crippen LogP contribution >= 0.6 is 0 Å². The van der Waals surface area contributed by atoms with Crippen LogP contribution in [-0.4, -0.2) is 12.1 Å². The van der Waals surface area contributed by atoms with E-state index in [-0.39, 0.29) is 18.0 Å². The smallest absolute Gasteiger partial charge is 0.314 e. The molecule has 0 aliphatic rings. The summed E-state index contributed by atoms with van der Waals surface area (Å²) in [5, 5.41) is 0. The standard InChI is InChI=1S/C18H24O2/c1-5-6-12-17(13-14(2)3)20-18(19)15(4)16-10-8-7-9-11-16/h7-11,14-15,17H,5,13H2,1-4H3. The minimum absolute atomic E-state index is 0.202. The van der Waals surface area contributed by atoms with E-state index >= 15 is 0 Å². The van der Waals surface area contributed by atoms with Crippen molar-refractivity contribution in [1.82, 2.24) is 0 Å². The van der Waals surface area contributed by atoms with Gasteiger partial charge in [-0.25, -0.2) is 0 Å². The van der Waals surface area contributed by atoms with Gasteiger partial charge in [0.2, 0.25) is 0 Å². The van der Waals surface area contributed by atoms with Gasteiger partial charge in [-0.05, 0) is 24.8 Å². The summed E-state index contributed by atoms with van der Waals surface area (Å²) < 4.78 is 5.57. The molecular weight excluding hydrogens is 248 g/mol. The topological polar surface area (TPSA) is 26.3 Å². The van der Waals surface area contributed by atoms with Crippen LogP contribution in [0.25, 0.3) is 0 Å². The maximum atomic E-state index is 12.2. The lowest BCUT2D eigenvalue weighted by Crippen LogP contribution is -2.22. The average molecular weight is 272 g/mol. The third-order valence-corrected chi connectivity index (χ3v) is 3.04. The van der Waals surface area contributed by atoms with Crippen LogP contribution in [0.2, 0.25) is 0 Å². The van der Waals surface area contributed by atoms with E-state index < -0.39 is 0 Å². The molecule has 0 saturated carbocycles. The fraction of sp³-hybridized carbons (Fsp3) is 0.500.